The maximum Gasteiger partial charge on any atom is 0.342 e. The summed E-state index contributed by atoms with van der Waals surface area (Å²) in [6, 6.07) is 2.71. The molecule has 1 aliphatic heterocycles. The molecule has 12 nitrogen and oxygen atoms in total. The van der Waals surface area contributed by atoms with Crippen molar-refractivity contribution in [2.45, 2.75) is 110 Å². The van der Waals surface area contributed by atoms with Gasteiger partial charge >= 0.3 is 11.9 Å². The number of carboxylic acids is 2. The predicted octanol–water partition coefficient (Wildman–Crippen LogP) is 6.28. The van der Waals surface area contributed by atoms with Gasteiger partial charge in [-0.05, 0) is 88.2 Å². The zero-order chi connectivity index (χ0) is 39.8. The van der Waals surface area contributed by atoms with Crippen molar-refractivity contribution in [3.63, 3.8) is 0 Å². The molecule has 1 amide bonds. The van der Waals surface area contributed by atoms with E-state index < -0.39 is 82.9 Å². The van der Waals surface area contributed by atoms with Crippen molar-refractivity contribution in [1.29, 1.82) is 0 Å². The summed E-state index contributed by atoms with van der Waals surface area (Å²) in [5, 5.41) is 47.1. The van der Waals surface area contributed by atoms with Gasteiger partial charge in [0.15, 0.2) is 12.1 Å². The number of carbonyl (C=O) groups excluding carboxylic acids is 2. The van der Waals surface area contributed by atoms with Gasteiger partial charge in [0.05, 0.1) is 24.4 Å². The van der Waals surface area contributed by atoms with Crippen LogP contribution in [-0.2, 0) is 23.9 Å². The molecule has 13 atom stereocenters. The van der Waals surface area contributed by atoms with E-state index in [2.05, 4.69) is 23.3 Å². The minimum absolute atomic E-state index is 0.0587. The number of aliphatic hydroxyl groups is 2. The number of aromatic nitrogens is 1. The van der Waals surface area contributed by atoms with Crippen LogP contribution in [0.1, 0.15) is 90.1 Å². The Labute approximate surface area is 322 Å². The Balaban J connectivity index is 1.32. The molecular formula is C43H56N2O10. The summed E-state index contributed by atoms with van der Waals surface area (Å²) in [6.45, 7) is 9.42. The van der Waals surface area contributed by atoms with Crippen LogP contribution in [0.15, 0.2) is 77.3 Å². The number of ketones is 1. The van der Waals surface area contributed by atoms with Gasteiger partial charge in [0, 0.05) is 41.4 Å². The molecule has 12 heteroatoms. The fourth-order valence-electron chi connectivity index (χ4n) is 10.1. The van der Waals surface area contributed by atoms with Crippen LogP contribution in [0.2, 0.25) is 0 Å². The minimum Gasteiger partial charge on any atom is -0.511 e. The van der Waals surface area contributed by atoms with E-state index in [-0.39, 0.29) is 48.0 Å². The summed E-state index contributed by atoms with van der Waals surface area (Å²) in [7, 11) is 0. The number of H-pyrrole nitrogens is 1. The third kappa shape index (κ3) is 8.18. The average molecular weight is 761 g/mol. The number of aromatic amines is 1. The van der Waals surface area contributed by atoms with Crippen LogP contribution in [0.5, 0.6) is 0 Å². The molecular weight excluding hydrogens is 704 g/mol. The number of aliphatic carboxylic acids is 2. The number of hydrogen-bond acceptors (Lipinski definition) is 8. The second-order valence-electron chi connectivity index (χ2n) is 16.6. The van der Waals surface area contributed by atoms with E-state index in [0.717, 1.165) is 5.57 Å². The van der Waals surface area contributed by atoms with Crippen LogP contribution >= 0.6 is 0 Å². The Kier molecular flexibility index (Phi) is 12.1. The normalized spacial score (nSPS) is 41.0. The Morgan fingerprint density at radius 2 is 1.84 bits per heavy atom. The molecule has 2 heterocycles. The number of amides is 1. The molecule has 10 unspecified atom stereocenters. The van der Waals surface area contributed by atoms with E-state index in [4.69, 9.17) is 9.47 Å². The molecule has 0 spiro atoms. The molecule has 0 aromatic carbocycles. The van der Waals surface area contributed by atoms with Gasteiger partial charge in [-0.1, -0.05) is 62.8 Å². The topological polar surface area (TPSA) is 195 Å². The monoisotopic (exact) mass is 760 g/mol. The van der Waals surface area contributed by atoms with E-state index in [0.29, 0.717) is 37.8 Å². The summed E-state index contributed by atoms with van der Waals surface area (Å²) in [4.78, 5) is 55.8. The molecule has 2 fully saturated rings. The third-order valence-corrected chi connectivity index (χ3v) is 12.9. The molecule has 4 aliphatic carbocycles. The Bertz CT molecular complexity index is 1780. The van der Waals surface area contributed by atoms with Crippen LogP contribution in [0.3, 0.4) is 0 Å². The van der Waals surface area contributed by atoms with Gasteiger partial charge in [-0.25, -0.2) is 9.59 Å². The SMILES string of the molecule is CCC1CC2C(=O)/C(C(=O)O)=C(/O)C3C(C=CC4C3CC[C@H](C)[C@@H]4OC3CC(O)C(NC(=O)c4ccc[nH]4)C(C)O3)C/C=C/C/C(C)=C/[C@@]2(C)C=C1C(=O)O. The highest BCUT2D eigenvalue weighted by Gasteiger charge is 2.51. The summed E-state index contributed by atoms with van der Waals surface area (Å²) in [6.07, 6.45) is 13.8. The molecule has 1 saturated carbocycles. The lowest BCUT2D eigenvalue weighted by molar-refractivity contribution is -0.256. The number of carbonyl (C=O) groups is 4. The standard InChI is InChI=1S/C43H56N2O10/c1-6-25-18-30-37(47)35(42(52)53)38(48)34-26(11-8-7-10-22(2)20-43(30,5)21-29(25)41(50)51)14-16-28-27(34)15-13-23(3)39(28)55-33-19-32(46)36(24(4)54-33)45-40(49)31-12-9-17-44-31/h7-9,12,14,16-17,20-21,23-28,30,32-34,36,39,44,46,48H,6,10-11,13,15,18-19H2,1-5H3,(H,45,49)(H,50,51)(H,52,53)/b8-7+,22-20+,38-35-/t23-,24?,25?,26?,27?,28?,30?,32?,33?,34?,36?,39-,43-/m0/s1. The van der Waals surface area contributed by atoms with Crippen molar-refractivity contribution >= 4 is 23.6 Å². The molecule has 1 aromatic rings. The number of rotatable bonds is 7. The third-order valence-electron chi connectivity index (χ3n) is 12.9. The summed E-state index contributed by atoms with van der Waals surface area (Å²) < 4.78 is 12.9. The van der Waals surface area contributed by atoms with Gasteiger partial charge in [-0.2, -0.15) is 0 Å². The second-order valence-corrected chi connectivity index (χ2v) is 16.6. The quantitative estimate of drug-likeness (QED) is 0.136. The lowest BCUT2D eigenvalue weighted by Crippen LogP contribution is -2.57. The average Bonchev–Trinajstić information content (AvgIpc) is 3.67. The first-order chi connectivity index (χ1) is 26.1. The molecule has 0 radical (unpaired) electrons. The van der Waals surface area contributed by atoms with Gasteiger partial charge in [-0.15, -0.1) is 0 Å². The smallest absolute Gasteiger partial charge is 0.342 e. The van der Waals surface area contributed by atoms with Crippen molar-refractivity contribution in [3.8, 4) is 0 Å². The highest BCUT2D eigenvalue weighted by molar-refractivity contribution is 6.18. The van der Waals surface area contributed by atoms with Crippen LogP contribution < -0.4 is 5.32 Å². The van der Waals surface area contributed by atoms with Crippen LogP contribution in [0.4, 0.5) is 0 Å². The van der Waals surface area contributed by atoms with Crippen LogP contribution in [0.25, 0.3) is 0 Å². The molecule has 1 aromatic heterocycles. The zero-order valence-corrected chi connectivity index (χ0v) is 32.3. The van der Waals surface area contributed by atoms with Gasteiger partial charge in [0.1, 0.15) is 17.0 Å². The molecule has 6 N–H and O–H groups in total. The zero-order valence-electron chi connectivity index (χ0n) is 32.3. The summed E-state index contributed by atoms with van der Waals surface area (Å²) in [5.74, 6) is -6.87. The van der Waals surface area contributed by atoms with Crippen molar-refractivity contribution in [2.75, 3.05) is 0 Å². The molecule has 55 heavy (non-hydrogen) atoms. The molecule has 298 valence electrons. The fourth-order valence-corrected chi connectivity index (χ4v) is 10.1. The van der Waals surface area contributed by atoms with Gasteiger partial charge in [0.2, 0.25) is 0 Å². The van der Waals surface area contributed by atoms with E-state index in [9.17, 15) is 39.6 Å². The minimum atomic E-state index is -1.50. The number of fused-ring (bicyclic) bond motifs is 4. The molecule has 0 bridgehead atoms. The van der Waals surface area contributed by atoms with E-state index in [1.54, 1.807) is 38.3 Å². The number of ether oxygens (including phenoxy) is 2. The lowest BCUT2D eigenvalue weighted by atomic mass is 9.59. The molecule has 6 rings (SSSR count). The first-order valence-electron chi connectivity index (χ1n) is 19.7. The van der Waals surface area contributed by atoms with Crippen molar-refractivity contribution in [2.24, 2.45) is 46.8 Å². The number of carboxylic acid groups (broad SMARTS) is 2. The van der Waals surface area contributed by atoms with Crippen molar-refractivity contribution in [3.05, 3.63) is 83.0 Å². The number of hydrogen-bond donors (Lipinski definition) is 6. The Hall–Kier alpha value is -4.26. The predicted molar refractivity (Wildman–Crippen MR) is 204 cm³/mol. The number of aliphatic hydroxyl groups excluding tert-OH is 2. The number of nitrogens with one attached hydrogen (secondary N) is 2. The maximum atomic E-state index is 14.7. The number of Topliss-reactive ketones (excluding diaryl/α,β-unsaturated/α-hetero) is 1. The Morgan fingerprint density at radius 3 is 2.49 bits per heavy atom. The molecule has 5 aliphatic rings. The van der Waals surface area contributed by atoms with Gasteiger partial charge in [0.25, 0.3) is 5.91 Å². The highest BCUT2D eigenvalue weighted by Crippen LogP contribution is 2.52. The number of allylic oxidation sites excluding steroid dienone is 7. The first-order valence-corrected chi connectivity index (χ1v) is 19.7. The van der Waals surface area contributed by atoms with Crippen molar-refractivity contribution in [1.82, 2.24) is 10.3 Å². The first kappa shape index (κ1) is 40.4. The van der Waals surface area contributed by atoms with Crippen LogP contribution in [-0.4, -0.2) is 79.7 Å². The van der Waals surface area contributed by atoms with Gasteiger partial charge < -0.3 is 40.2 Å². The molecule has 1 saturated heterocycles. The largest absolute Gasteiger partial charge is 0.511 e. The second kappa shape index (κ2) is 16.5. The summed E-state index contributed by atoms with van der Waals surface area (Å²) in [5.41, 5.74) is -0.215. The fraction of sp³-hybridized carbons (Fsp3) is 0.581. The Morgan fingerprint density at radius 1 is 1.07 bits per heavy atom. The lowest BCUT2D eigenvalue weighted by Gasteiger charge is -2.49. The van der Waals surface area contributed by atoms with E-state index in [1.807, 2.05) is 38.2 Å². The summed E-state index contributed by atoms with van der Waals surface area (Å²) >= 11 is 0. The van der Waals surface area contributed by atoms with Gasteiger partial charge in [-0.3, -0.25) is 9.59 Å². The van der Waals surface area contributed by atoms with Crippen LogP contribution in [0, 0.1) is 46.8 Å². The van der Waals surface area contributed by atoms with E-state index in [1.165, 1.54) is 0 Å². The van der Waals surface area contributed by atoms with Crippen molar-refractivity contribution < 1.29 is 49.1 Å². The highest BCUT2D eigenvalue weighted by atomic mass is 16.7. The maximum absolute atomic E-state index is 14.7. The van der Waals surface area contributed by atoms with E-state index >= 15 is 0 Å².